The number of allylic oxidation sites excluding steroid dienone is 4. The first kappa shape index (κ1) is 22.3. The fourth-order valence-electron chi connectivity index (χ4n) is 2.70. The molecule has 0 radical (unpaired) electrons. The number of nitrogens with one attached hydrogen (secondary N) is 1. The van der Waals surface area contributed by atoms with Crippen molar-refractivity contribution in [1.82, 2.24) is 4.98 Å². The summed E-state index contributed by atoms with van der Waals surface area (Å²) in [4.78, 5) is 14.1. The first-order valence-electron chi connectivity index (χ1n) is 10.2. The third kappa shape index (κ3) is 7.15. The SMILES string of the molecule is C=C(C=C(C=CC(C)CC)Oc1ccc(CCCC)cc1)c1cc(C(=O)O)c[nH]1. The standard InChI is InChI=1S/C25H31NO3/c1-5-7-8-20-10-13-22(14-11-20)29-23(12-9-18(3)6-2)15-19(4)24-16-21(17-26-24)25(27)28/h9-18,26H,4-8H2,1-3H3,(H,27,28). The number of carboxylic acids is 1. The highest BCUT2D eigenvalue weighted by Crippen LogP contribution is 2.21. The van der Waals surface area contributed by atoms with Crippen LogP contribution in [0.5, 0.6) is 5.75 Å². The van der Waals surface area contributed by atoms with Gasteiger partial charge >= 0.3 is 5.97 Å². The molecule has 4 heteroatoms. The number of rotatable bonds is 11. The molecule has 0 aliphatic rings. The largest absolute Gasteiger partial charge is 0.478 e. The Balaban J connectivity index is 2.21. The van der Waals surface area contributed by atoms with Crippen LogP contribution in [0.1, 0.15) is 61.6 Å². The van der Waals surface area contributed by atoms with Gasteiger partial charge < -0.3 is 14.8 Å². The molecule has 1 aromatic heterocycles. The summed E-state index contributed by atoms with van der Waals surface area (Å²) < 4.78 is 6.10. The molecule has 154 valence electrons. The van der Waals surface area contributed by atoms with Crippen molar-refractivity contribution in [3.63, 3.8) is 0 Å². The smallest absolute Gasteiger partial charge is 0.337 e. The Bertz CT molecular complexity index is 872. The average Bonchev–Trinajstić information content (AvgIpc) is 3.22. The van der Waals surface area contributed by atoms with Gasteiger partial charge in [-0.3, -0.25) is 0 Å². The molecule has 0 saturated carbocycles. The van der Waals surface area contributed by atoms with Crippen molar-refractivity contribution in [2.75, 3.05) is 0 Å². The zero-order valence-corrected chi connectivity index (χ0v) is 17.6. The van der Waals surface area contributed by atoms with E-state index in [0.29, 0.717) is 22.9 Å². The number of ether oxygens (including phenoxy) is 1. The second-order valence-corrected chi connectivity index (χ2v) is 7.27. The summed E-state index contributed by atoms with van der Waals surface area (Å²) in [5, 5.41) is 9.10. The Kier molecular flexibility index (Phi) is 8.53. The van der Waals surface area contributed by atoms with Gasteiger partial charge in [0.15, 0.2) is 0 Å². The topological polar surface area (TPSA) is 62.3 Å². The van der Waals surface area contributed by atoms with Crippen LogP contribution in [-0.2, 0) is 6.42 Å². The van der Waals surface area contributed by atoms with Crippen LogP contribution in [-0.4, -0.2) is 16.1 Å². The van der Waals surface area contributed by atoms with E-state index in [1.54, 1.807) is 6.07 Å². The lowest BCUT2D eigenvalue weighted by atomic mass is 10.1. The predicted molar refractivity (Wildman–Crippen MR) is 119 cm³/mol. The highest BCUT2D eigenvalue weighted by Gasteiger charge is 2.08. The van der Waals surface area contributed by atoms with Gasteiger partial charge in [-0.25, -0.2) is 4.79 Å². The van der Waals surface area contributed by atoms with Crippen molar-refractivity contribution in [3.05, 3.63) is 83.9 Å². The summed E-state index contributed by atoms with van der Waals surface area (Å²) in [5.74, 6) is 0.871. The molecule has 4 nitrogen and oxygen atoms in total. The lowest BCUT2D eigenvalue weighted by Crippen LogP contribution is -1.96. The number of hydrogen-bond acceptors (Lipinski definition) is 2. The maximum Gasteiger partial charge on any atom is 0.337 e. The molecule has 0 saturated heterocycles. The van der Waals surface area contributed by atoms with E-state index in [9.17, 15) is 4.79 Å². The Labute approximate surface area is 173 Å². The van der Waals surface area contributed by atoms with Gasteiger partial charge in [-0.1, -0.05) is 58.4 Å². The number of aromatic nitrogens is 1. The summed E-state index contributed by atoms with van der Waals surface area (Å²) in [6.07, 6.45) is 11.8. The monoisotopic (exact) mass is 393 g/mol. The number of aromatic carboxylic acids is 1. The molecule has 1 atom stereocenters. The number of carboxylic acid groups (broad SMARTS) is 1. The highest BCUT2D eigenvalue weighted by molar-refractivity contribution is 5.89. The Hall–Kier alpha value is -3.01. The van der Waals surface area contributed by atoms with Crippen LogP contribution in [0.2, 0.25) is 0 Å². The first-order valence-corrected chi connectivity index (χ1v) is 10.2. The number of unbranched alkanes of at least 4 members (excludes halogenated alkanes) is 1. The summed E-state index contributed by atoms with van der Waals surface area (Å²) in [5.41, 5.74) is 2.81. The Morgan fingerprint density at radius 2 is 2.00 bits per heavy atom. The third-order valence-corrected chi connectivity index (χ3v) is 4.80. The lowest BCUT2D eigenvalue weighted by molar-refractivity contribution is 0.0697. The molecule has 1 unspecified atom stereocenters. The normalized spacial score (nSPS) is 12.9. The number of carbonyl (C=O) groups is 1. The van der Waals surface area contributed by atoms with Crippen molar-refractivity contribution in [2.24, 2.45) is 5.92 Å². The second kappa shape index (κ2) is 11.1. The molecule has 0 aliphatic carbocycles. The summed E-state index contributed by atoms with van der Waals surface area (Å²) >= 11 is 0. The molecule has 2 aromatic rings. The van der Waals surface area contributed by atoms with E-state index < -0.39 is 5.97 Å². The Morgan fingerprint density at radius 1 is 1.28 bits per heavy atom. The van der Waals surface area contributed by atoms with Crippen LogP contribution in [0.3, 0.4) is 0 Å². The van der Waals surface area contributed by atoms with Crippen LogP contribution >= 0.6 is 0 Å². The summed E-state index contributed by atoms with van der Waals surface area (Å²) in [6.45, 7) is 10.5. The average molecular weight is 394 g/mol. The number of hydrogen-bond donors (Lipinski definition) is 2. The van der Waals surface area contributed by atoms with Crippen molar-refractivity contribution >= 4 is 11.5 Å². The molecule has 2 rings (SSSR count). The van der Waals surface area contributed by atoms with Gasteiger partial charge in [0.05, 0.1) is 5.56 Å². The maximum absolute atomic E-state index is 11.1. The van der Waals surface area contributed by atoms with E-state index >= 15 is 0 Å². The van der Waals surface area contributed by atoms with Crippen molar-refractivity contribution < 1.29 is 14.6 Å². The van der Waals surface area contributed by atoms with Gasteiger partial charge in [-0.15, -0.1) is 0 Å². The molecule has 0 fully saturated rings. The fourth-order valence-corrected chi connectivity index (χ4v) is 2.70. The minimum Gasteiger partial charge on any atom is -0.478 e. The van der Waals surface area contributed by atoms with Crippen LogP contribution in [0.25, 0.3) is 5.57 Å². The highest BCUT2D eigenvalue weighted by atomic mass is 16.5. The van der Waals surface area contributed by atoms with E-state index in [4.69, 9.17) is 9.84 Å². The van der Waals surface area contributed by atoms with Gasteiger partial charge in [0.25, 0.3) is 0 Å². The summed E-state index contributed by atoms with van der Waals surface area (Å²) in [7, 11) is 0. The van der Waals surface area contributed by atoms with Crippen molar-refractivity contribution in [3.8, 4) is 5.75 Å². The molecule has 0 bridgehead atoms. The number of H-pyrrole nitrogens is 1. The van der Waals surface area contributed by atoms with E-state index in [-0.39, 0.29) is 5.56 Å². The van der Waals surface area contributed by atoms with Crippen LogP contribution in [0, 0.1) is 5.92 Å². The number of benzene rings is 1. The molecule has 0 amide bonds. The minimum absolute atomic E-state index is 0.204. The lowest BCUT2D eigenvalue weighted by Gasteiger charge is -2.10. The van der Waals surface area contributed by atoms with Gasteiger partial charge in [0.2, 0.25) is 0 Å². The Morgan fingerprint density at radius 3 is 2.59 bits per heavy atom. The predicted octanol–water partition coefficient (Wildman–Crippen LogP) is 6.63. The van der Waals surface area contributed by atoms with E-state index in [2.05, 4.69) is 50.5 Å². The van der Waals surface area contributed by atoms with Gasteiger partial charge in [-0.2, -0.15) is 0 Å². The van der Waals surface area contributed by atoms with Gasteiger partial charge in [-0.05, 0) is 60.2 Å². The van der Waals surface area contributed by atoms with E-state index in [1.807, 2.05) is 24.3 Å². The van der Waals surface area contributed by atoms with Gasteiger partial charge in [0.1, 0.15) is 11.5 Å². The zero-order chi connectivity index (χ0) is 21.2. The third-order valence-electron chi connectivity index (χ3n) is 4.80. The van der Waals surface area contributed by atoms with E-state index in [1.165, 1.54) is 24.6 Å². The van der Waals surface area contributed by atoms with E-state index in [0.717, 1.165) is 18.6 Å². The molecule has 29 heavy (non-hydrogen) atoms. The van der Waals surface area contributed by atoms with Crippen LogP contribution < -0.4 is 4.74 Å². The van der Waals surface area contributed by atoms with Gasteiger partial charge in [0, 0.05) is 11.9 Å². The van der Waals surface area contributed by atoms with Crippen molar-refractivity contribution in [1.29, 1.82) is 0 Å². The second-order valence-electron chi connectivity index (χ2n) is 7.27. The zero-order valence-electron chi connectivity index (χ0n) is 17.6. The molecule has 2 N–H and O–H groups in total. The number of aromatic amines is 1. The maximum atomic E-state index is 11.1. The first-order chi connectivity index (χ1) is 13.9. The molecule has 1 heterocycles. The van der Waals surface area contributed by atoms with Crippen LogP contribution in [0.15, 0.2) is 67.1 Å². The van der Waals surface area contributed by atoms with Crippen LogP contribution in [0.4, 0.5) is 0 Å². The number of aryl methyl sites for hydroxylation is 1. The molecule has 0 spiro atoms. The fraction of sp³-hybridized carbons (Fsp3) is 0.320. The molecule has 1 aromatic carbocycles. The molecule has 0 aliphatic heterocycles. The molecular formula is C25H31NO3. The van der Waals surface area contributed by atoms with Crippen molar-refractivity contribution in [2.45, 2.75) is 46.5 Å². The minimum atomic E-state index is -0.972. The summed E-state index contributed by atoms with van der Waals surface area (Å²) in [6, 6.07) is 9.73. The quantitative estimate of drug-likeness (QED) is 0.332. The molecular weight excluding hydrogens is 362 g/mol.